The molecule has 23 heavy (non-hydrogen) atoms. The van der Waals surface area contributed by atoms with Gasteiger partial charge in [-0.05, 0) is 30.3 Å². The highest BCUT2D eigenvalue weighted by atomic mass is 35.5. The molecule has 0 unspecified atom stereocenters. The van der Waals surface area contributed by atoms with Gasteiger partial charge in [0.05, 0.1) is 6.20 Å². The first-order chi connectivity index (χ1) is 11.1. The van der Waals surface area contributed by atoms with Crippen molar-refractivity contribution in [2.75, 3.05) is 10.6 Å². The molecule has 2 aromatic carbocycles. The van der Waals surface area contributed by atoms with Crippen molar-refractivity contribution in [1.82, 2.24) is 15.2 Å². The number of anilines is 4. The number of halogens is 3. The van der Waals surface area contributed by atoms with Crippen LogP contribution in [-0.2, 0) is 0 Å². The Kier molecular flexibility index (Phi) is 4.29. The number of nitrogens with one attached hydrogen (secondary N) is 2. The van der Waals surface area contributed by atoms with Gasteiger partial charge in [-0.3, -0.25) is 0 Å². The third kappa shape index (κ3) is 3.89. The maximum Gasteiger partial charge on any atom is 0.249 e. The molecular weight excluding hydrogens is 324 g/mol. The van der Waals surface area contributed by atoms with Crippen LogP contribution in [0.5, 0.6) is 0 Å². The van der Waals surface area contributed by atoms with Crippen LogP contribution in [0.3, 0.4) is 0 Å². The minimum Gasteiger partial charge on any atom is -0.339 e. The minimum absolute atomic E-state index is 0.236. The Morgan fingerprint density at radius 1 is 0.913 bits per heavy atom. The fraction of sp³-hybridized carbons (Fsp3) is 0. The van der Waals surface area contributed by atoms with E-state index in [9.17, 15) is 8.78 Å². The summed E-state index contributed by atoms with van der Waals surface area (Å²) in [6.07, 6.45) is 1.37. The van der Waals surface area contributed by atoms with Gasteiger partial charge in [0.25, 0.3) is 0 Å². The Hall–Kier alpha value is -2.80. The van der Waals surface area contributed by atoms with Crippen LogP contribution >= 0.6 is 11.6 Å². The molecule has 3 aromatic rings. The van der Waals surface area contributed by atoms with Crippen molar-refractivity contribution in [3.8, 4) is 0 Å². The number of hydrogen-bond donors (Lipinski definition) is 2. The van der Waals surface area contributed by atoms with Crippen LogP contribution in [0.15, 0.2) is 48.7 Å². The summed E-state index contributed by atoms with van der Waals surface area (Å²) in [4.78, 5) is 4.19. The summed E-state index contributed by atoms with van der Waals surface area (Å²) in [6, 6.07) is 10.5. The number of hydrogen-bond acceptors (Lipinski definition) is 5. The number of nitrogens with zero attached hydrogens (tertiary/aromatic N) is 3. The third-order valence-corrected chi connectivity index (χ3v) is 3.07. The molecule has 0 spiro atoms. The van der Waals surface area contributed by atoms with Gasteiger partial charge in [0.1, 0.15) is 0 Å². The van der Waals surface area contributed by atoms with Crippen molar-refractivity contribution in [3.63, 3.8) is 0 Å². The summed E-state index contributed by atoms with van der Waals surface area (Å²) in [5.74, 6) is -1.30. The highest BCUT2D eigenvalue weighted by Gasteiger charge is 2.05. The summed E-state index contributed by atoms with van der Waals surface area (Å²) >= 11 is 5.90. The smallest absolute Gasteiger partial charge is 0.249 e. The van der Waals surface area contributed by atoms with E-state index >= 15 is 0 Å². The van der Waals surface area contributed by atoms with Crippen LogP contribution in [0, 0.1) is 11.6 Å². The molecule has 0 fully saturated rings. The second-order valence-electron chi connectivity index (χ2n) is 4.55. The fourth-order valence-electron chi connectivity index (χ4n) is 1.83. The predicted molar refractivity (Wildman–Crippen MR) is 84.2 cm³/mol. The van der Waals surface area contributed by atoms with Crippen LogP contribution in [0.2, 0.25) is 5.02 Å². The van der Waals surface area contributed by atoms with Gasteiger partial charge < -0.3 is 10.6 Å². The normalized spacial score (nSPS) is 10.4. The lowest BCUT2D eigenvalue weighted by Gasteiger charge is -2.08. The quantitative estimate of drug-likeness (QED) is 0.745. The van der Waals surface area contributed by atoms with Gasteiger partial charge in [-0.25, -0.2) is 8.78 Å². The lowest BCUT2D eigenvalue weighted by atomic mass is 10.3. The average molecular weight is 334 g/mol. The van der Waals surface area contributed by atoms with Crippen LogP contribution in [0.1, 0.15) is 0 Å². The summed E-state index contributed by atoms with van der Waals surface area (Å²) < 4.78 is 26.1. The molecule has 0 radical (unpaired) electrons. The Balaban J connectivity index is 1.78. The highest BCUT2D eigenvalue weighted by Crippen LogP contribution is 2.20. The van der Waals surface area contributed by atoms with E-state index in [-0.39, 0.29) is 5.95 Å². The molecule has 0 saturated heterocycles. The molecule has 116 valence electrons. The van der Waals surface area contributed by atoms with Crippen molar-refractivity contribution >= 4 is 34.7 Å². The monoisotopic (exact) mass is 333 g/mol. The van der Waals surface area contributed by atoms with Gasteiger partial charge in [0, 0.05) is 22.5 Å². The van der Waals surface area contributed by atoms with Crippen LogP contribution in [-0.4, -0.2) is 15.2 Å². The first kappa shape index (κ1) is 15.1. The minimum atomic E-state index is -0.950. The zero-order chi connectivity index (χ0) is 16.2. The van der Waals surface area contributed by atoms with Crippen LogP contribution < -0.4 is 10.6 Å². The van der Waals surface area contributed by atoms with Gasteiger partial charge in [0.15, 0.2) is 17.5 Å². The summed E-state index contributed by atoms with van der Waals surface area (Å²) in [6.45, 7) is 0. The van der Waals surface area contributed by atoms with E-state index < -0.39 is 11.6 Å². The van der Waals surface area contributed by atoms with E-state index in [4.69, 9.17) is 11.6 Å². The lowest BCUT2D eigenvalue weighted by Crippen LogP contribution is -2.02. The number of benzene rings is 2. The standard InChI is InChI=1S/C15H10ClF2N5/c16-9-2-1-3-10(6-9)21-15-22-14(8-19-23-15)20-11-4-5-12(17)13(18)7-11/h1-8H,(H2,20,21,22,23). The van der Waals surface area contributed by atoms with Gasteiger partial charge in [-0.2, -0.15) is 10.1 Å². The summed E-state index contributed by atoms with van der Waals surface area (Å²) in [5, 5.41) is 14.0. The molecule has 1 aromatic heterocycles. The largest absolute Gasteiger partial charge is 0.339 e. The molecule has 0 atom stereocenters. The second-order valence-corrected chi connectivity index (χ2v) is 4.99. The zero-order valence-electron chi connectivity index (χ0n) is 11.6. The molecule has 0 saturated carbocycles. The SMILES string of the molecule is Fc1ccc(Nc2cnnc(Nc3cccc(Cl)c3)n2)cc1F. The average Bonchev–Trinajstić information content (AvgIpc) is 2.51. The molecule has 0 aliphatic rings. The Morgan fingerprint density at radius 3 is 2.52 bits per heavy atom. The van der Waals surface area contributed by atoms with Crippen molar-refractivity contribution in [2.45, 2.75) is 0 Å². The van der Waals surface area contributed by atoms with E-state index in [0.29, 0.717) is 22.2 Å². The Labute approximate surface area is 135 Å². The van der Waals surface area contributed by atoms with E-state index in [1.54, 1.807) is 24.3 Å². The molecular formula is C15H10ClF2N5. The molecule has 0 aliphatic heterocycles. The molecule has 3 rings (SSSR count). The number of aromatic nitrogens is 3. The van der Waals surface area contributed by atoms with Crippen molar-refractivity contribution in [3.05, 3.63) is 65.3 Å². The van der Waals surface area contributed by atoms with E-state index in [2.05, 4.69) is 25.8 Å². The molecule has 2 N–H and O–H groups in total. The first-order valence-corrected chi connectivity index (χ1v) is 6.92. The Bertz CT molecular complexity index is 844. The van der Waals surface area contributed by atoms with Gasteiger partial charge in [0.2, 0.25) is 5.95 Å². The van der Waals surface area contributed by atoms with Gasteiger partial charge in [-0.1, -0.05) is 17.7 Å². The predicted octanol–water partition coefficient (Wildman–Crippen LogP) is 4.29. The first-order valence-electron chi connectivity index (χ1n) is 6.54. The maximum absolute atomic E-state index is 13.2. The molecule has 5 nitrogen and oxygen atoms in total. The van der Waals surface area contributed by atoms with Crippen molar-refractivity contribution in [2.24, 2.45) is 0 Å². The molecule has 0 bridgehead atoms. The molecule has 8 heteroatoms. The maximum atomic E-state index is 13.2. The number of rotatable bonds is 4. The van der Waals surface area contributed by atoms with Gasteiger partial charge >= 0.3 is 0 Å². The molecule has 1 heterocycles. The van der Waals surface area contributed by atoms with E-state index in [0.717, 1.165) is 12.1 Å². The van der Waals surface area contributed by atoms with Gasteiger partial charge in [-0.15, -0.1) is 5.10 Å². The highest BCUT2D eigenvalue weighted by molar-refractivity contribution is 6.30. The summed E-state index contributed by atoms with van der Waals surface area (Å²) in [7, 11) is 0. The topological polar surface area (TPSA) is 62.7 Å². The lowest BCUT2D eigenvalue weighted by molar-refractivity contribution is 0.509. The zero-order valence-corrected chi connectivity index (χ0v) is 12.4. The van der Waals surface area contributed by atoms with Crippen LogP contribution in [0.25, 0.3) is 0 Å². The summed E-state index contributed by atoms with van der Waals surface area (Å²) in [5.41, 5.74) is 1.04. The second kappa shape index (κ2) is 6.53. The Morgan fingerprint density at radius 2 is 1.74 bits per heavy atom. The van der Waals surface area contributed by atoms with Crippen molar-refractivity contribution in [1.29, 1.82) is 0 Å². The van der Waals surface area contributed by atoms with Crippen LogP contribution in [0.4, 0.5) is 31.9 Å². The van der Waals surface area contributed by atoms with E-state index in [1.165, 1.54) is 12.3 Å². The van der Waals surface area contributed by atoms with Crippen molar-refractivity contribution < 1.29 is 8.78 Å². The molecule has 0 amide bonds. The van der Waals surface area contributed by atoms with E-state index in [1.807, 2.05) is 0 Å². The molecule has 0 aliphatic carbocycles. The third-order valence-electron chi connectivity index (χ3n) is 2.83. The fourth-order valence-corrected chi connectivity index (χ4v) is 2.02.